The van der Waals surface area contributed by atoms with Gasteiger partial charge in [0.15, 0.2) is 23.9 Å². The zero-order valence-corrected chi connectivity index (χ0v) is 13.0. The van der Waals surface area contributed by atoms with Crippen LogP contribution in [0.25, 0.3) is 0 Å². The molecule has 0 radical (unpaired) electrons. The lowest BCUT2D eigenvalue weighted by Gasteiger charge is -2.05. The molecule has 1 amide bonds. The molecule has 0 aromatic carbocycles. The molecule has 4 N–H and O–H groups in total. The van der Waals surface area contributed by atoms with Gasteiger partial charge in [0.25, 0.3) is 5.91 Å². The van der Waals surface area contributed by atoms with Crippen LogP contribution in [0.3, 0.4) is 0 Å². The second-order valence-electron chi connectivity index (χ2n) is 4.84. The van der Waals surface area contributed by atoms with Gasteiger partial charge in [-0.2, -0.15) is 0 Å². The fourth-order valence-corrected chi connectivity index (χ4v) is 1.83. The Bertz CT molecular complexity index is 715. The minimum atomic E-state index is -0.407. The van der Waals surface area contributed by atoms with E-state index in [1.165, 1.54) is 0 Å². The van der Waals surface area contributed by atoms with Crippen LogP contribution in [-0.2, 0) is 4.79 Å². The number of hydrogen-bond acceptors (Lipinski definition) is 5. The standard InChI is InChI=1S/C16H18N6O/c1-3-18-8-11(2)12-9-20-14(15(17)21-10-12)16(23)22-13-4-6-19-7-5-13/h3-10,12H,17H2,1-2H3,(H,19,22,23)/p+1/b11-8+,18-3?. The van der Waals surface area contributed by atoms with Crippen LogP contribution < -0.4 is 16.0 Å². The van der Waals surface area contributed by atoms with Gasteiger partial charge in [-0.25, -0.2) is 9.98 Å². The highest BCUT2D eigenvalue weighted by molar-refractivity contribution is 6.06. The number of nitrogens with two attached hydrogens (primary N) is 1. The predicted octanol–water partition coefficient (Wildman–Crippen LogP) is 1.33. The Kier molecular flexibility index (Phi) is 5.51. The zero-order chi connectivity index (χ0) is 16.7. The summed E-state index contributed by atoms with van der Waals surface area (Å²) in [5.41, 5.74) is 7.52. The van der Waals surface area contributed by atoms with E-state index >= 15 is 0 Å². The lowest BCUT2D eigenvalue weighted by atomic mass is 10.0. The van der Waals surface area contributed by atoms with Crippen LogP contribution in [0.4, 0.5) is 5.69 Å². The Balaban J connectivity index is 2.17. The molecule has 0 saturated heterocycles. The van der Waals surface area contributed by atoms with Gasteiger partial charge in [0.1, 0.15) is 0 Å². The first-order chi connectivity index (χ1) is 11.1. The number of hydrogen-bond donors (Lipinski definition) is 2. The highest BCUT2D eigenvalue weighted by Crippen LogP contribution is 2.15. The van der Waals surface area contributed by atoms with Crippen LogP contribution in [0, 0.1) is 5.92 Å². The number of allylic oxidation sites excluding steroid dienone is 1. The van der Waals surface area contributed by atoms with Gasteiger partial charge in [0.05, 0.1) is 11.6 Å². The van der Waals surface area contributed by atoms with Crippen molar-refractivity contribution in [3.63, 3.8) is 0 Å². The summed E-state index contributed by atoms with van der Waals surface area (Å²) in [6.45, 7) is 3.75. The first kappa shape index (κ1) is 16.3. The predicted molar refractivity (Wildman–Crippen MR) is 91.2 cm³/mol. The molecule has 2 heterocycles. The average Bonchev–Trinajstić information content (AvgIpc) is 2.75. The van der Waals surface area contributed by atoms with Gasteiger partial charge < -0.3 is 11.1 Å². The van der Waals surface area contributed by atoms with E-state index in [2.05, 4.69) is 25.3 Å². The molecular formula is C16H19N6O+. The van der Waals surface area contributed by atoms with Gasteiger partial charge in [-0.3, -0.25) is 14.8 Å². The van der Waals surface area contributed by atoms with Crippen molar-refractivity contribution in [1.82, 2.24) is 0 Å². The summed E-state index contributed by atoms with van der Waals surface area (Å²) in [4.78, 5) is 27.6. The smallest absolute Gasteiger partial charge is 0.278 e. The number of nitrogens with one attached hydrogen (secondary N) is 2. The number of pyridine rings is 1. The van der Waals surface area contributed by atoms with E-state index in [0.717, 1.165) is 5.57 Å². The fraction of sp³-hybridized carbons (Fsp3) is 0.188. The van der Waals surface area contributed by atoms with Crippen molar-refractivity contribution in [3.8, 4) is 0 Å². The SMILES string of the molecule is CC=N/C=C(\C)C1C=NC(N)=C(C(=O)Nc2cc[nH+]cc2)N=C1. The number of nitrogens with zero attached hydrogens (tertiary/aromatic N) is 3. The van der Waals surface area contributed by atoms with E-state index < -0.39 is 5.91 Å². The first-order valence-corrected chi connectivity index (χ1v) is 7.12. The van der Waals surface area contributed by atoms with E-state index in [9.17, 15) is 4.79 Å². The van der Waals surface area contributed by atoms with Gasteiger partial charge in [-0.05, 0) is 19.4 Å². The summed E-state index contributed by atoms with van der Waals surface area (Å²) in [7, 11) is 0. The normalized spacial score (nSPS) is 18.3. The van der Waals surface area contributed by atoms with Gasteiger partial charge in [0.2, 0.25) is 0 Å². The molecule has 118 valence electrons. The molecule has 7 heteroatoms. The van der Waals surface area contributed by atoms with Gasteiger partial charge in [0, 0.05) is 37.0 Å². The molecule has 0 spiro atoms. The lowest BCUT2D eigenvalue weighted by molar-refractivity contribution is -0.377. The molecule has 1 atom stereocenters. The second kappa shape index (κ2) is 7.79. The van der Waals surface area contributed by atoms with E-state index in [1.54, 1.807) is 49.4 Å². The molecule has 1 aromatic rings. The molecular weight excluding hydrogens is 292 g/mol. The molecule has 0 saturated carbocycles. The molecule has 0 bridgehead atoms. The molecule has 7 nitrogen and oxygen atoms in total. The molecule has 1 aromatic heterocycles. The Morgan fingerprint density at radius 1 is 1.35 bits per heavy atom. The van der Waals surface area contributed by atoms with Crippen LogP contribution in [0.1, 0.15) is 13.8 Å². The third-order valence-corrected chi connectivity index (χ3v) is 3.13. The maximum absolute atomic E-state index is 12.3. The van der Waals surface area contributed by atoms with Crippen molar-refractivity contribution >= 4 is 30.2 Å². The number of aromatic amines is 1. The summed E-state index contributed by atoms with van der Waals surface area (Å²) in [5.74, 6) is -0.486. The topological polar surface area (TPSA) is 106 Å². The monoisotopic (exact) mass is 311 g/mol. The summed E-state index contributed by atoms with van der Waals surface area (Å²) in [6.07, 6.45) is 10.1. The number of aliphatic imine (C=N–C) groups is 3. The van der Waals surface area contributed by atoms with E-state index in [4.69, 9.17) is 5.73 Å². The van der Waals surface area contributed by atoms with Gasteiger partial charge in [-0.1, -0.05) is 0 Å². The maximum atomic E-state index is 12.3. The third-order valence-electron chi connectivity index (χ3n) is 3.13. The summed E-state index contributed by atoms with van der Waals surface area (Å²) >= 11 is 0. The Morgan fingerprint density at radius 3 is 2.74 bits per heavy atom. The van der Waals surface area contributed by atoms with Crippen LogP contribution in [-0.4, -0.2) is 24.6 Å². The number of aromatic nitrogens is 1. The Labute approximate surface area is 134 Å². The van der Waals surface area contributed by atoms with Crippen LogP contribution in [0.15, 0.2) is 62.8 Å². The summed E-state index contributed by atoms with van der Waals surface area (Å²) < 4.78 is 0. The minimum Gasteiger partial charge on any atom is -0.382 e. The Hall–Kier alpha value is -3.09. The lowest BCUT2D eigenvalue weighted by Crippen LogP contribution is -2.17. The third kappa shape index (κ3) is 4.44. The van der Waals surface area contributed by atoms with Crippen molar-refractivity contribution in [1.29, 1.82) is 0 Å². The minimum absolute atomic E-state index is 0.0792. The number of anilines is 1. The average molecular weight is 311 g/mol. The fourth-order valence-electron chi connectivity index (χ4n) is 1.83. The van der Waals surface area contributed by atoms with Crippen LogP contribution in [0.5, 0.6) is 0 Å². The van der Waals surface area contributed by atoms with Gasteiger partial charge >= 0.3 is 0 Å². The highest BCUT2D eigenvalue weighted by Gasteiger charge is 2.17. The van der Waals surface area contributed by atoms with Crippen molar-refractivity contribution in [2.45, 2.75) is 13.8 Å². The zero-order valence-electron chi connectivity index (χ0n) is 13.0. The van der Waals surface area contributed by atoms with Crippen molar-refractivity contribution in [2.24, 2.45) is 26.6 Å². The molecule has 1 aliphatic rings. The number of amides is 1. The van der Waals surface area contributed by atoms with E-state index in [1.807, 2.05) is 13.8 Å². The molecule has 1 aliphatic heterocycles. The van der Waals surface area contributed by atoms with Crippen molar-refractivity contribution < 1.29 is 9.78 Å². The highest BCUT2D eigenvalue weighted by atomic mass is 16.2. The molecule has 1 unspecified atom stereocenters. The molecule has 2 rings (SSSR count). The van der Waals surface area contributed by atoms with E-state index in [0.29, 0.717) is 5.69 Å². The van der Waals surface area contributed by atoms with Gasteiger partial charge in [-0.15, -0.1) is 0 Å². The summed E-state index contributed by atoms with van der Waals surface area (Å²) in [5, 5.41) is 2.73. The van der Waals surface area contributed by atoms with Crippen LogP contribution in [0.2, 0.25) is 0 Å². The largest absolute Gasteiger partial charge is 0.382 e. The summed E-state index contributed by atoms with van der Waals surface area (Å²) in [6, 6.07) is 3.47. The van der Waals surface area contributed by atoms with Crippen molar-refractivity contribution in [2.75, 3.05) is 5.32 Å². The van der Waals surface area contributed by atoms with Crippen LogP contribution >= 0.6 is 0 Å². The number of rotatable bonds is 4. The molecule has 0 aliphatic carbocycles. The quantitative estimate of drug-likeness (QED) is 0.819. The maximum Gasteiger partial charge on any atom is 0.278 e. The van der Waals surface area contributed by atoms with Crippen molar-refractivity contribution in [3.05, 3.63) is 47.8 Å². The second-order valence-corrected chi connectivity index (χ2v) is 4.84. The van der Waals surface area contributed by atoms with E-state index in [-0.39, 0.29) is 17.4 Å². The Morgan fingerprint density at radius 2 is 2.04 bits per heavy atom. The number of carbonyl (C=O) groups is 1. The number of carbonyl (C=O) groups excluding carboxylic acids is 1. The first-order valence-electron chi connectivity index (χ1n) is 7.12. The number of H-pyrrole nitrogens is 1. The molecule has 0 fully saturated rings. The molecule has 23 heavy (non-hydrogen) atoms.